The third-order valence-corrected chi connectivity index (χ3v) is 6.45. The second-order valence-corrected chi connectivity index (χ2v) is 9.34. The van der Waals surface area contributed by atoms with Crippen molar-refractivity contribution in [3.8, 4) is 28.5 Å². The van der Waals surface area contributed by atoms with E-state index in [1.54, 1.807) is 13.2 Å². The fourth-order valence-corrected chi connectivity index (χ4v) is 4.67. The summed E-state index contributed by atoms with van der Waals surface area (Å²) in [7, 11) is 1.59. The number of hydrogen-bond acceptors (Lipinski definition) is 6. The number of aromatic nitrogens is 1. The van der Waals surface area contributed by atoms with Gasteiger partial charge in [-0.3, -0.25) is 10.1 Å². The zero-order valence-electron chi connectivity index (χ0n) is 19.9. The third kappa shape index (κ3) is 6.74. The van der Waals surface area contributed by atoms with Crippen LogP contribution in [0, 0.1) is 0 Å². The lowest BCUT2D eigenvalue weighted by Crippen LogP contribution is -2.07. The monoisotopic (exact) mass is 564 g/mol. The topological polar surface area (TPSA) is 69.7 Å². The molecule has 184 valence electrons. The normalized spacial score (nSPS) is 10.9. The summed E-state index contributed by atoms with van der Waals surface area (Å²) < 4.78 is 17.7. The summed E-state index contributed by atoms with van der Waals surface area (Å²) in [5.74, 6) is 1.71. The van der Waals surface area contributed by atoms with E-state index < -0.39 is 0 Å². The van der Waals surface area contributed by atoms with E-state index in [1.165, 1.54) is 17.4 Å². The van der Waals surface area contributed by atoms with Gasteiger partial charge in [0, 0.05) is 17.0 Å². The molecule has 0 saturated heterocycles. The molecule has 8 heteroatoms. The molecule has 4 aromatic rings. The molecule has 4 rings (SSSR count). The van der Waals surface area contributed by atoms with Gasteiger partial charge >= 0.3 is 0 Å². The molecule has 0 saturated carbocycles. The summed E-state index contributed by atoms with van der Waals surface area (Å²) >= 11 is 4.93. The molecular formula is C28H25BrN2O4S. The van der Waals surface area contributed by atoms with Crippen molar-refractivity contribution in [2.24, 2.45) is 0 Å². The summed E-state index contributed by atoms with van der Waals surface area (Å²) in [6.07, 6.45) is 3.17. The van der Waals surface area contributed by atoms with Crippen LogP contribution in [0.5, 0.6) is 17.2 Å². The molecular weight excluding hydrogens is 540 g/mol. The first-order valence-electron chi connectivity index (χ1n) is 11.3. The van der Waals surface area contributed by atoms with Crippen molar-refractivity contribution in [2.45, 2.75) is 13.5 Å². The Morgan fingerprint density at radius 3 is 2.58 bits per heavy atom. The van der Waals surface area contributed by atoms with Crippen molar-refractivity contribution in [3.05, 3.63) is 93.8 Å². The van der Waals surface area contributed by atoms with E-state index in [9.17, 15) is 4.79 Å². The Morgan fingerprint density at radius 2 is 1.86 bits per heavy atom. The van der Waals surface area contributed by atoms with Crippen LogP contribution < -0.4 is 19.5 Å². The van der Waals surface area contributed by atoms with Crippen LogP contribution in [0.25, 0.3) is 17.3 Å². The lowest BCUT2D eigenvalue weighted by atomic mass is 10.2. The van der Waals surface area contributed by atoms with Crippen molar-refractivity contribution < 1.29 is 19.0 Å². The largest absolute Gasteiger partial charge is 0.494 e. The fourth-order valence-electron chi connectivity index (χ4n) is 3.38. The lowest BCUT2D eigenvalue weighted by molar-refractivity contribution is -0.111. The Kier molecular flexibility index (Phi) is 8.76. The van der Waals surface area contributed by atoms with Crippen molar-refractivity contribution in [1.82, 2.24) is 4.98 Å². The van der Waals surface area contributed by atoms with Crippen LogP contribution in [0.15, 0.2) is 82.7 Å². The molecule has 0 unspecified atom stereocenters. The number of ether oxygens (including phenoxy) is 3. The highest BCUT2D eigenvalue weighted by atomic mass is 79.9. The highest BCUT2D eigenvalue weighted by Gasteiger charge is 2.12. The van der Waals surface area contributed by atoms with Gasteiger partial charge in [0.2, 0.25) is 5.91 Å². The maximum atomic E-state index is 12.5. The molecule has 3 aromatic carbocycles. The SMILES string of the molecule is CCOc1ccc(-c2csc(NC(=O)/C=C/c3cc(Br)c(OCc4ccccc4)c(OC)c3)n2)cc1. The third-order valence-electron chi connectivity index (χ3n) is 5.10. The van der Waals surface area contributed by atoms with Crippen LogP contribution in [0.1, 0.15) is 18.1 Å². The van der Waals surface area contributed by atoms with Gasteiger partial charge in [-0.05, 0) is 76.5 Å². The van der Waals surface area contributed by atoms with E-state index in [2.05, 4.69) is 26.2 Å². The lowest BCUT2D eigenvalue weighted by Gasteiger charge is -2.13. The maximum absolute atomic E-state index is 12.5. The van der Waals surface area contributed by atoms with Gasteiger partial charge < -0.3 is 14.2 Å². The molecule has 0 aliphatic heterocycles. The van der Waals surface area contributed by atoms with Crippen LogP contribution >= 0.6 is 27.3 Å². The van der Waals surface area contributed by atoms with Crippen molar-refractivity contribution in [1.29, 1.82) is 0 Å². The molecule has 1 aromatic heterocycles. The first kappa shape index (κ1) is 25.5. The van der Waals surface area contributed by atoms with Crippen LogP contribution in [0.4, 0.5) is 5.13 Å². The summed E-state index contributed by atoms with van der Waals surface area (Å²) in [5.41, 5.74) is 3.59. The van der Waals surface area contributed by atoms with Crippen LogP contribution in [-0.4, -0.2) is 24.6 Å². The summed E-state index contributed by atoms with van der Waals surface area (Å²) in [4.78, 5) is 17.0. The Morgan fingerprint density at radius 1 is 1.08 bits per heavy atom. The molecule has 0 aliphatic rings. The molecule has 0 aliphatic carbocycles. The van der Waals surface area contributed by atoms with Crippen LogP contribution in [-0.2, 0) is 11.4 Å². The number of nitrogens with zero attached hydrogens (tertiary/aromatic N) is 1. The van der Waals surface area contributed by atoms with Gasteiger partial charge in [0.25, 0.3) is 0 Å². The number of nitrogens with one attached hydrogen (secondary N) is 1. The van der Waals surface area contributed by atoms with Gasteiger partial charge in [-0.2, -0.15) is 0 Å². The average molecular weight is 565 g/mol. The molecule has 36 heavy (non-hydrogen) atoms. The zero-order chi connectivity index (χ0) is 25.3. The number of anilines is 1. The Balaban J connectivity index is 1.39. The van der Waals surface area contributed by atoms with Gasteiger partial charge in [-0.1, -0.05) is 30.3 Å². The molecule has 0 radical (unpaired) electrons. The molecule has 6 nitrogen and oxygen atoms in total. The molecule has 1 amide bonds. The minimum absolute atomic E-state index is 0.276. The zero-order valence-corrected chi connectivity index (χ0v) is 22.3. The number of carbonyl (C=O) groups is 1. The van der Waals surface area contributed by atoms with E-state index in [0.717, 1.165) is 32.6 Å². The number of amides is 1. The molecule has 1 N–H and O–H groups in total. The van der Waals surface area contributed by atoms with E-state index >= 15 is 0 Å². The molecule has 0 fully saturated rings. The number of thiazole rings is 1. The average Bonchev–Trinajstić information content (AvgIpc) is 3.36. The number of rotatable bonds is 10. The Labute approximate surface area is 222 Å². The maximum Gasteiger partial charge on any atom is 0.250 e. The predicted molar refractivity (Wildman–Crippen MR) is 148 cm³/mol. The molecule has 0 bridgehead atoms. The van der Waals surface area contributed by atoms with Crippen molar-refractivity contribution in [3.63, 3.8) is 0 Å². The Hall–Kier alpha value is -3.62. The number of hydrogen-bond donors (Lipinski definition) is 1. The van der Waals surface area contributed by atoms with E-state index in [-0.39, 0.29) is 5.91 Å². The van der Waals surface area contributed by atoms with E-state index in [0.29, 0.717) is 29.8 Å². The number of benzene rings is 3. The first-order chi connectivity index (χ1) is 17.6. The Bertz CT molecular complexity index is 1340. The quantitative estimate of drug-likeness (QED) is 0.206. The number of methoxy groups -OCH3 is 1. The van der Waals surface area contributed by atoms with Gasteiger partial charge in [0.1, 0.15) is 12.4 Å². The van der Waals surface area contributed by atoms with Crippen molar-refractivity contribution >= 4 is 44.4 Å². The van der Waals surface area contributed by atoms with Crippen molar-refractivity contribution in [2.75, 3.05) is 19.0 Å². The standard InChI is InChI=1S/C28H25BrN2O4S/c1-3-34-22-12-10-21(11-13-22)24-18-36-28(30-24)31-26(32)14-9-20-15-23(29)27(25(16-20)33-2)35-17-19-7-5-4-6-8-19/h4-16,18H,3,17H2,1-2H3,(H,30,31,32)/b14-9+. The van der Waals surface area contributed by atoms with E-state index in [1.807, 2.05) is 79.0 Å². The van der Waals surface area contributed by atoms with Gasteiger partial charge in [0.05, 0.1) is 23.9 Å². The van der Waals surface area contributed by atoms with Gasteiger partial charge in [0.15, 0.2) is 16.6 Å². The number of carbonyl (C=O) groups excluding carboxylic acids is 1. The molecule has 0 spiro atoms. The fraction of sp³-hybridized carbons (Fsp3) is 0.143. The van der Waals surface area contributed by atoms with Crippen LogP contribution in [0.3, 0.4) is 0 Å². The first-order valence-corrected chi connectivity index (χ1v) is 12.9. The van der Waals surface area contributed by atoms with E-state index in [4.69, 9.17) is 14.2 Å². The molecule has 0 atom stereocenters. The minimum atomic E-state index is -0.276. The highest BCUT2D eigenvalue weighted by Crippen LogP contribution is 2.37. The van der Waals surface area contributed by atoms with Crippen LogP contribution in [0.2, 0.25) is 0 Å². The minimum Gasteiger partial charge on any atom is -0.494 e. The summed E-state index contributed by atoms with van der Waals surface area (Å²) in [6.45, 7) is 2.99. The predicted octanol–water partition coefficient (Wildman–Crippen LogP) is 7.21. The smallest absolute Gasteiger partial charge is 0.250 e. The number of halogens is 1. The van der Waals surface area contributed by atoms with Gasteiger partial charge in [-0.25, -0.2) is 4.98 Å². The summed E-state index contributed by atoms with van der Waals surface area (Å²) in [5, 5.41) is 5.25. The highest BCUT2D eigenvalue weighted by molar-refractivity contribution is 9.10. The molecule has 1 heterocycles. The second-order valence-electron chi connectivity index (χ2n) is 7.63. The second kappa shape index (κ2) is 12.4. The van der Waals surface area contributed by atoms with Gasteiger partial charge in [-0.15, -0.1) is 11.3 Å². The summed E-state index contributed by atoms with van der Waals surface area (Å²) in [6, 6.07) is 21.3.